The molecule has 0 unspecified atom stereocenters. The van der Waals surface area contributed by atoms with E-state index in [1.165, 1.54) is 22.0 Å². The summed E-state index contributed by atoms with van der Waals surface area (Å²) in [6.07, 6.45) is 0. The van der Waals surface area contributed by atoms with E-state index in [2.05, 4.69) is 10.3 Å². The smallest absolute Gasteiger partial charge is 0.272 e. The lowest BCUT2D eigenvalue weighted by Crippen LogP contribution is -2.24. The topological polar surface area (TPSA) is 73.2 Å². The first kappa shape index (κ1) is 22.0. The number of carbonyl (C=O) groups excluding carboxylic acids is 1. The first-order valence-electron chi connectivity index (χ1n) is 9.92. The van der Waals surface area contributed by atoms with E-state index in [9.17, 15) is 14.0 Å². The molecule has 2 aromatic heterocycles. The molecule has 6 nitrogen and oxygen atoms in total. The normalized spacial score (nSPS) is 10.9. The van der Waals surface area contributed by atoms with Gasteiger partial charge in [-0.25, -0.2) is 9.37 Å². The predicted molar refractivity (Wildman–Crippen MR) is 126 cm³/mol. The molecule has 2 aromatic carbocycles. The number of aromatic nitrogens is 2. The van der Waals surface area contributed by atoms with E-state index in [1.54, 1.807) is 41.8 Å². The molecule has 0 aliphatic carbocycles. The van der Waals surface area contributed by atoms with Crippen LogP contribution in [0.5, 0.6) is 5.75 Å². The number of amides is 1. The van der Waals surface area contributed by atoms with Crippen molar-refractivity contribution in [2.75, 3.05) is 17.7 Å². The van der Waals surface area contributed by atoms with Crippen LogP contribution in [0.2, 0.25) is 0 Å². The molecule has 2 heterocycles. The minimum Gasteiger partial charge on any atom is -0.492 e. The molecule has 0 radical (unpaired) electrons. The van der Waals surface area contributed by atoms with E-state index in [1.807, 2.05) is 19.1 Å². The van der Waals surface area contributed by atoms with Crippen molar-refractivity contribution in [3.05, 3.63) is 81.7 Å². The van der Waals surface area contributed by atoms with Gasteiger partial charge in [-0.15, -0.1) is 11.3 Å². The van der Waals surface area contributed by atoms with Gasteiger partial charge in [0, 0.05) is 5.56 Å². The highest BCUT2D eigenvalue weighted by molar-refractivity contribution is 7.99. The van der Waals surface area contributed by atoms with Crippen molar-refractivity contribution in [3.8, 4) is 5.75 Å². The van der Waals surface area contributed by atoms with Gasteiger partial charge in [0.2, 0.25) is 5.91 Å². The fourth-order valence-corrected chi connectivity index (χ4v) is 4.71. The molecule has 0 aliphatic heterocycles. The van der Waals surface area contributed by atoms with Crippen LogP contribution >= 0.6 is 23.1 Å². The molecule has 164 valence electrons. The van der Waals surface area contributed by atoms with Gasteiger partial charge in [-0.05, 0) is 36.6 Å². The van der Waals surface area contributed by atoms with Gasteiger partial charge >= 0.3 is 0 Å². The van der Waals surface area contributed by atoms with Crippen molar-refractivity contribution >= 4 is 44.9 Å². The van der Waals surface area contributed by atoms with Crippen molar-refractivity contribution in [2.45, 2.75) is 18.6 Å². The van der Waals surface area contributed by atoms with Crippen molar-refractivity contribution in [2.24, 2.45) is 0 Å². The second-order valence-corrected chi connectivity index (χ2v) is 8.64. The molecule has 0 atom stereocenters. The zero-order valence-electron chi connectivity index (χ0n) is 17.2. The van der Waals surface area contributed by atoms with E-state index in [4.69, 9.17) is 4.74 Å². The highest BCUT2D eigenvalue weighted by Crippen LogP contribution is 2.25. The van der Waals surface area contributed by atoms with Gasteiger partial charge < -0.3 is 10.1 Å². The average Bonchev–Trinajstić information content (AvgIpc) is 3.26. The van der Waals surface area contributed by atoms with Crippen molar-refractivity contribution in [1.82, 2.24) is 9.55 Å². The maximum absolute atomic E-state index is 14.2. The summed E-state index contributed by atoms with van der Waals surface area (Å²) in [4.78, 5) is 30.2. The summed E-state index contributed by atoms with van der Waals surface area (Å²) < 4.78 is 21.7. The van der Waals surface area contributed by atoms with Crippen LogP contribution in [0, 0.1) is 5.82 Å². The molecule has 32 heavy (non-hydrogen) atoms. The van der Waals surface area contributed by atoms with Crippen LogP contribution in [-0.4, -0.2) is 27.8 Å². The van der Waals surface area contributed by atoms with Gasteiger partial charge in [-0.3, -0.25) is 14.2 Å². The summed E-state index contributed by atoms with van der Waals surface area (Å²) in [5.74, 6) is -0.0476. The number of benzene rings is 2. The Hall–Kier alpha value is -3.17. The Labute approximate surface area is 192 Å². The highest BCUT2D eigenvalue weighted by Gasteiger charge is 2.16. The number of thiophene rings is 1. The molecular formula is C23H20FN3O3S2. The lowest BCUT2D eigenvalue weighted by atomic mass is 10.2. The number of para-hydroxylation sites is 2. The minimum absolute atomic E-state index is 0.0276. The molecule has 0 spiro atoms. The van der Waals surface area contributed by atoms with Crippen molar-refractivity contribution in [1.29, 1.82) is 0 Å². The number of hydrogen-bond donors (Lipinski definition) is 1. The van der Waals surface area contributed by atoms with Crippen LogP contribution in [0.3, 0.4) is 0 Å². The Bertz CT molecular complexity index is 1320. The van der Waals surface area contributed by atoms with Crippen LogP contribution in [0.15, 0.2) is 69.9 Å². The molecule has 1 amide bonds. The molecule has 0 aliphatic rings. The Morgan fingerprint density at radius 3 is 2.78 bits per heavy atom. The van der Waals surface area contributed by atoms with Crippen LogP contribution in [0.25, 0.3) is 10.2 Å². The molecule has 4 rings (SSSR count). The second-order valence-electron chi connectivity index (χ2n) is 6.78. The van der Waals surface area contributed by atoms with Gasteiger partial charge in [-0.2, -0.15) is 0 Å². The summed E-state index contributed by atoms with van der Waals surface area (Å²) >= 11 is 2.42. The number of nitrogens with zero attached hydrogens (tertiary/aromatic N) is 2. The predicted octanol–water partition coefficient (Wildman–Crippen LogP) is 4.77. The van der Waals surface area contributed by atoms with E-state index in [-0.39, 0.29) is 23.8 Å². The lowest BCUT2D eigenvalue weighted by molar-refractivity contribution is -0.113. The molecule has 0 fully saturated rings. The SMILES string of the molecule is CCOc1ccccc1NC(=O)CSc1nc2ccsc2c(=O)n1Cc1ccccc1F. The van der Waals surface area contributed by atoms with Crippen molar-refractivity contribution < 1.29 is 13.9 Å². The fraction of sp³-hybridized carbons (Fsp3) is 0.174. The van der Waals surface area contributed by atoms with Crippen molar-refractivity contribution in [3.63, 3.8) is 0 Å². The van der Waals surface area contributed by atoms with Crippen LogP contribution in [-0.2, 0) is 11.3 Å². The molecule has 4 aromatic rings. The van der Waals surface area contributed by atoms with Crippen LogP contribution in [0.4, 0.5) is 10.1 Å². The minimum atomic E-state index is -0.396. The summed E-state index contributed by atoms with van der Waals surface area (Å²) in [6, 6.07) is 15.2. The maximum atomic E-state index is 14.2. The lowest BCUT2D eigenvalue weighted by Gasteiger charge is -2.13. The van der Waals surface area contributed by atoms with E-state index < -0.39 is 5.82 Å². The third-order valence-electron chi connectivity index (χ3n) is 4.61. The van der Waals surface area contributed by atoms with E-state index in [0.29, 0.717) is 39.0 Å². The second kappa shape index (κ2) is 9.97. The molecule has 0 saturated carbocycles. The summed E-state index contributed by atoms with van der Waals surface area (Å²) in [5, 5.41) is 4.98. The molecular weight excluding hydrogens is 449 g/mol. The van der Waals surface area contributed by atoms with Gasteiger partial charge in [-0.1, -0.05) is 42.1 Å². The van der Waals surface area contributed by atoms with E-state index in [0.717, 1.165) is 11.8 Å². The van der Waals surface area contributed by atoms with Crippen LogP contribution in [0.1, 0.15) is 12.5 Å². The number of hydrogen-bond acceptors (Lipinski definition) is 6. The zero-order chi connectivity index (χ0) is 22.5. The highest BCUT2D eigenvalue weighted by atomic mass is 32.2. The average molecular weight is 470 g/mol. The third kappa shape index (κ3) is 4.84. The largest absolute Gasteiger partial charge is 0.492 e. The van der Waals surface area contributed by atoms with Crippen LogP contribution < -0.4 is 15.6 Å². The quantitative estimate of drug-likeness (QED) is 0.297. The number of halogens is 1. The molecule has 0 saturated heterocycles. The molecule has 0 bridgehead atoms. The van der Waals surface area contributed by atoms with Gasteiger partial charge in [0.05, 0.1) is 30.1 Å². The maximum Gasteiger partial charge on any atom is 0.272 e. The Balaban J connectivity index is 1.58. The summed E-state index contributed by atoms with van der Waals surface area (Å²) in [7, 11) is 0. The number of ether oxygens (including phenoxy) is 1. The number of fused-ring (bicyclic) bond motifs is 1. The zero-order valence-corrected chi connectivity index (χ0v) is 18.8. The Morgan fingerprint density at radius 2 is 1.97 bits per heavy atom. The Morgan fingerprint density at radius 1 is 1.19 bits per heavy atom. The standard InChI is InChI=1S/C23H20FN3O3S2/c1-2-30-19-10-6-5-9-17(19)25-20(28)14-32-23-26-18-11-12-31-21(18)22(29)27(23)13-15-7-3-4-8-16(15)24/h3-12H,2,13-14H2,1H3,(H,25,28). The monoisotopic (exact) mass is 469 g/mol. The molecule has 9 heteroatoms. The van der Waals surface area contributed by atoms with E-state index >= 15 is 0 Å². The number of carbonyl (C=O) groups is 1. The summed E-state index contributed by atoms with van der Waals surface area (Å²) in [6.45, 7) is 2.38. The molecule has 1 N–H and O–H groups in total. The Kier molecular flexibility index (Phi) is 6.87. The first-order chi connectivity index (χ1) is 15.6. The first-order valence-corrected chi connectivity index (χ1v) is 11.8. The summed E-state index contributed by atoms with van der Waals surface area (Å²) in [5.41, 5.74) is 1.27. The van der Waals surface area contributed by atoms with Gasteiger partial charge in [0.1, 0.15) is 16.3 Å². The number of anilines is 1. The van der Waals surface area contributed by atoms with Gasteiger partial charge in [0.25, 0.3) is 5.56 Å². The number of rotatable bonds is 8. The number of nitrogens with one attached hydrogen (secondary N) is 1. The van der Waals surface area contributed by atoms with Gasteiger partial charge in [0.15, 0.2) is 5.16 Å². The fourth-order valence-electron chi connectivity index (χ4n) is 3.14. The third-order valence-corrected chi connectivity index (χ3v) is 6.48. The number of thioether (sulfide) groups is 1.